The zero-order chi connectivity index (χ0) is 14.8. The molecule has 0 aliphatic heterocycles. The second kappa shape index (κ2) is 5.43. The second-order valence-corrected chi connectivity index (χ2v) is 6.78. The van der Waals surface area contributed by atoms with Crippen molar-refractivity contribution >= 4 is 33.1 Å². The van der Waals surface area contributed by atoms with E-state index in [1.54, 1.807) is 0 Å². The van der Waals surface area contributed by atoms with Crippen molar-refractivity contribution in [3.8, 4) is 0 Å². The van der Waals surface area contributed by atoms with Crippen molar-refractivity contribution in [1.82, 2.24) is 10.2 Å². The first-order chi connectivity index (χ1) is 9.37. The largest absolute Gasteiger partial charge is 0.481 e. The third kappa shape index (κ3) is 3.42. The SMILES string of the molecule is O=C(O)Cc1ccc(S(=O)(=O)Nc2ccc(=O)[nH]n2)s1. The molecule has 2 heterocycles. The molecule has 2 aromatic rings. The molecule has 2 aromatic heterocycles. The number of nitrogens with zero attached hydrogens (tertiary/aromatic N) is 1. The van der Waals surface area contributed by atoms with E-state index in [4.69, 9.17) is 5.11 Å². The van der Waals surface area contributed by atoms with Gasteiger partial charge in [0.15, 0.2) is 5.82 Å². The number of sulfonamides is 1. The fourth-order valence-electron chi connectivity index (χ4n) is 1.34. The van der Waals surface area contributed by atoms with Crippen molar-refractivity contribution in [3.63, 3.8) is 0 Å². The predicted molar refractivity (Wildman–Crippen MR) is 71.3 cm³/mol. The summed E-state index contributed by atoms with van der Waals surface area (Å²) in [5.74, 6) is -1.07. The van der Waals surface area contributed by atoms with Gasteiger partial charge in [-0.1, -0.05) is 0 Å². The molecule has 0 fully saturated rings. The number of H-pyrrole nitrogens is 1. The van der Waals surface area contributed by atoms with Crippen LogP contribution < -0.4 is 10.3 Å². The number of nitrogens with one attached hydrogen (secondary N) is 2. The average molecular weight is 315 g/mol. The van der Waals surface area contributed by atoms with Crippen LogP contribution in [0.3, 0.4) is 0 Å². The number of carbonyl (C=O) groups is 1. The lowest BCUT2D eigenvalue weighted by Gasteiger charge is -2.03. The number of thiophene rings is 1. The van der Waals surface area contributed by atoms with Crippen LogP contribution in [-0.4, -0.2) is 29.7 Å². The molecule has 0 atom stereocenters. The molecule has 0 saturated heterocycles. The smallest absolute Gasteiger partial charge is 0.308 e. The van der Waals surface area contributed by atoms with Gasteiger partial charge in [-0.15, -0.1) is 11.3 Å². The Balaban J connectivity index is 2.21. The van der Waals surface area contributed by atoms with Crippen LogP contribution in [0.25, 0.3) is 0 Å². The van der Waals surface area contributed by atoms with Gasteiger partial charge < -0.3 is 5.11 Å². The summed E-state index contributed by atoms with van der Waals surface area (Å²) >= 11 is 0.860. The van der Waals surface area contributed by atoms with Crippen molar-refractivity contribution in [2.24, 2.45) is 0 Å². The van der Waals surface area contributed by atoms with Crippen LogP contribution in [0, 0.1) is 0 Å². The molecular formula is C10H9N3O5S2. The summed E-state index contributed by atoms with van der Waals surface area (Å²) in [5, 5.41) is 14.3. The molecule has 0 radical (unpaired) electrons. The van der Waals surface area contributed by atoms with Crippen molar-refractivity contribution in [1.29, 1.82) is 0 Å². The molecule has 0 aliphatic rings. The molecule has 8 nitrogen and oxygen atoms in total. The van der Waals surface area contributed by atoms with Crippen molar-refractivity contribution in [3.05, 3.63) is 39.5 Å². The van der Waals surface area contributed by atoms with Crippen LogP contribution in [0.2, 0.25) is 0 Å². The number of aromatic amines is 1. The molecule has 10 heteroatoms. The lowest BCUT2D eigenvalue weighted by atomic mass is 10.3. The zero-order valence-electron chi connectivity index (χ0n) is 9.86. The number of hydrogen-bond acceptors (Lipinski definition) is 6. The maximum atomic E-state index is 12.0. The van der Waals surface area contributed by atoms with E-state index in [1.165, 1.54) is 18.2 Å². The molecule has 106 valence electrons. The van der Waals surface area contributed by atoms with E-state index in [2.05, 4.69) is 14.9 Å². The molecule has 2 rings (SSSR count). The summed E-state index contributed by atoms with van der Waals surface area (Å²) in [4.78, 5) is 21.8. The minimum absolute atomic E-state index is 0.0262. The predicted octanol–water partition coefficient (Wildman–Crippen LogP) is 0.259. The summed E-state index contributed by atoms with van der Waals surface area (Å²) in [5.41, 5.74) is -0.451. The normalized spacial score (nSPS) is 11.2. The van der Waals surface area contributed by atoms with E-state index in [-0.39, 0.29) is 16.4 Å². The number of carboxylic acids is 1. The van der Waals surface area contributed by atoms with Gasteiger partial charge in [0.1, 0.15) is 4.21 Å². The van der Waals surface area contributed by atoms with Crippen LogP contribution in [0.1, 0.15) is 4.88 Å². The van der Waals surface area contributed by atoms with Crippen molar-refractivity contribution in [2.75, 3.05) is 4.72 Å². The van der Waals surface area contributed by atoms with E-state index in [0.717, 1.165) is 17.4 Å². The maximum Gasteiger partial charge on any atom is 0.308 e. The quantitative estimate of drug-likeness (QED) is 0.725. The highest BCUT2D eigenvalue weighted by Crippen LogP contribution is 2.23. The van der Waals surface area contributed by atoms with Gasteiger partial charge in [-0.3, -0.25) is 14.3 Å². The van der Waals surface area contributed by atoms with Gasteiger partial charge >= 0.3 is 5.97 Å². The number of aromatic nitrogens is 2. The minimum Gasteiger partial charge on any atom is -0.481 e. The molecule has 20 heavy (non-hydrogen) atoms. The highest BCUT2D eigenvalue weighted by molar-refractivity contribution is 7.94. The number of carboxylic acid groups (broad SMARTS) is 1. The van der Waals surface area contributed by atoms with Gasteiger partial charge in [0, 0.05) is 10.9 Å². The lowest BCUT2D eigenvalue weighted by Crippen LogP contribution is -2.15. The van der Waals surface area contributed by atoms with E-state index >= 15 is 0 Å². The van der Waals surface area contributed by atoms with E-state index in [1.807, 2.05) is 0 Å². The highest BCUT2D eigenvalue weighted by atomic mass is 32.2. The summed E-state index contributed by atoms with van der Waals surface area (Å²) in [7, 11) is -3.85. The van der Waals surface area contributed by atoms with E-state index in [9.17, 15) is 18.0 Å². The highest BCUT2D eigenvalue weighted by Gasteiger charge is 2.18. The molecule has 0 spiro atoms. The third-order valence-electron chi connectivity index (χ3n) is 2.15. The van der Waals surface area contributed by atoms with Gasteiger partial charge in [0.2, 0.25) is 0 Å². The fraction of sp³-hybridized carbons (Fsp3) is 0.100. The van der Waals surface area contributed by atoms with Gasteiger partial charge in [0.25, 0.3) is 15.6 Å². The summed E-state index contributed by atoms with van der Waals surface area (Å²) in [6, 6.07) is 5.11. The van der Waals surface area contributed by atoms with Gasteiger partial charge in [-0.25, -0.2) is 13.5 Å². The Morgan fingerprint density at radius 3 is 2.70 bits per heavy atom. The van der Waals surface area contributed by atoms with E-state index in [0.29, 0.717) is 4.88 Å². The first kappa shape index (κ1) is 14.2. The lowest BCUT2D eigenvalue weighted by molar-refractivity contribution is -0.136. The Bertz CT molecular complexity index is 773. The van der Waals surface area contributed by atoms with Crippen LogP contribution in [0.15, 0.2) is 33.3 Å². The molecule has 0 aliphatic carbocycles. The first-order valence-electron chi connectivity index (χ1n) is 5.26. The second-order valence-electron chi connectivity index (χ2n) is 3.70. The van der Waals surface area contributed by atoms with Crippen LogP contribution >= 0.6 is 11.3 Å². The van der Waals surface area contributed by atoms with Crippen LogP contribution in [0.5, 0.6) is 0 Å². The van der Waals surface area contributed by atoms with E-state index < -0.39 is 21.6 Å². The molecule has 0 unspecified atom stereocenters. The van der Waals surface area contributed by atoms with Crippen LogP contribution in [-0.2, 0) is 21.2 Å². The Morgan fingerprint density at radius 2 is 2.10 bits per heavy atom. The summed E-state index contributed by atoms with van der Waals surface area (Å²) < 4.78 is 26.2. The fourth-order valence-corrected chi connectivity index (χ4v) is 3.68. The van der Waals surface area contributed by atoms with Gasteiger partial charge in [-0.2, -0.15) is 5.10 Å². The standard InChI is InChI=1S/C10H9N3O5S2/c14-8-3-2-7(11-12-8)13-20(17,18)10-4-1-6(19-10)5-9(15)16/h1-4H,5H2,(H,11,13)(H,12,14)(H,15,16). The average Bonchev–Trinajstić information content (AvgIpc) is 2.80. The zero-order valence-corrected chi connectivity index (χ0v) is 11.5. The maximum absolute atomic E-state index is 12.0. The number of anilines is 1. The number of hydrogen-bond donors (Lipinski definition) is 3. The molecule has 0 aromatic carbocycles. The Morgan fingerprint density at radius 1 is 1.35 bits per heavy atom. The van der Waals surface area contributed by atoms with Crippen molar-refractivity contribution in [2.45, 2.75) is 10.6 Å². The molecule has 3 N–H and O–H groups in total. The molecule has 0 saturated carbocycles. The molecule has 0 bridgehead atoms. The molecule has 0 amide bonds. The minimum atomic E-state index is -3.85. The summed E-state index contributed by atoms with van der Waals surface area (Å²) in [6.07, 6.45) is -0.239. The topological polar surface area (TPSA) is 129 Å². The van der Waals surface area contributed by atoms with Crippen molar-refractivity contribution < 1.29 is 18.3 Å². The number of rotatable bonds is 5. The monoisotopic (exact) mass is 315 g/mol. The third-order valence-corrected chi connectivity index (χ3v) is 5.08. The summed E-state index contributed by atoms with van der Waals surface area (Å²) in [6.45, 7) is 0. The first-order valence-corrected chi connectivity index (χ1v) is 7.56. The Hall–Kier alpha value is -2.20. The number of aliphatic carboxylic acids is 1. The Labute approximate surface area is 117 Å². The Kier molecular flexibility index (Phi) is 3.86. The molecular weight excluding hydrogens is 306 g/mol. The van der Waals surface area contributed by atoms with Gasteiger partial charge in [0.05, 0.1) is 6.42 Å². The van der Waals surface area contributed by atoms with Crippen LogP contribution in [0.4, 0.5) is 5.82 Å². The van der Waals surface area contributed by atoms with Gasteiger partial charge in [-0.05, 0) is 18.2 Å².